The Morgan fingerprint density at radius 1 is 1.30 bits per heavy atom. The van der Waals surface area contributed by atoms with Gasteiger partial charge >= 0.3 is 0 Å². The molecular formula is C15H26N4O. The molecule has 2 aliphatic rings. The van der Waals surface area contributed by atoms with Gasteiger partial charge in [-0.15, -0.1) is 0 Å². The van der Waals surface area contributed by atoms with Crippen molar-refractivity contribution >= 4 is 0 Å². The first kappa shape index (κ1) is 13.9. The molecule has 20 heavy (non-hydrogen) atoms. The van der Waals surface area contributed by atoms with Gasteiger partial charge in [0.05, 0.1) is 18.4 Å². The highest BCUT2D eigenvalue weighted by atomic mass is 16.5. The predicted octanol–water partition coefficient (Wildman–Crippen LogP) is 1.48. The molecule has 2 fully saturated rings. The van der Waals surface area contributed by atoms with E-state index in [-0.39, 0.29) is 0 Å². The standard InChI is InChI=1S/C15H26N4O/c1-10-13(15(20-4)19(3)17-10)14-11(7-8-18(14)2)9-16-12-5-6-12/h11-12,14,16H,5-9H2,1-4H3. The van der Waals surface area contributed by atoms with Gasteiger partial charge in [0.2, 0.25) is 5.88 Å². The molecule has 5 heteroatoms. The van der Waals surface area contributed by atoms with Gasteiger partial charge in [0.25, 0.3) is 0 Å². The lowest BCUT2D eigenvalue weighted by Crippen LogP contribution is -2.30. The van der Waals surface area contributed by atoms with E-state index < -0.39 is 0 Å². The molecule has 3 rings (SSSR count). The molecule has 1 aromatic rings. The molecule has 5 nitrogen and oxygen atoms in total. The quantitative estimate of drug-likeness (QED) is 0.886. The molecule has 2 unspecified atom stereocenters. The largest absolute Gasteiger partial charge is 0.481 e. The maximum atomic E-state index is 5.60. The van der Waals surface area contributed by atoms with Crippen molar-refractivity contribution in [1.29, 1.82) is 0 Å². The molecule has 1 aliphatic carbocycles. The van der Waals surface area contributed by atoms with Crippen LogP contribution in [0.4, 0.5) is 0 Å². The summed E-state index contributed by atoms with van der Waals surface area (Å²) in [5, 5.41) is 8.24. The van der Waals surface area contributed by atoms with Gasteiger partial charge in [-0.1, -0.05) is 0 Å². The van der Waals surface area contributed by atoms with Crippen molar-refractivity contribution in [2.24, 2.45) is 13.0 Å². The SMILES string of the molecule is COc1c(C2C(CNC3CC3)CCN2C)c(C)nn1C. The van der Waals surface area contributed by atoms with Crippen molar-refractivity contribution in [1.82, 2.24) is 20.0 Å². The van der Waals surface area contributed by atoms with E-state index in [1.165, 1.54) is 24.8 Å². The summed E-state index contributed by atoms with van der Waals surface area (Å²) in [7, 11) is 5.92. The Balaban J connectivity index is 1.84. The average molecular weight is 278 g/mol. The molecule has 1 N–H and O–H groups in total. The molecule has 0 amide bonds. The van der Waals surface area contributed by atoms with Gasteiger partial charge < -0.3 is 10.1 Å². The summed E-state index contributed by atoms with van der Waals surface area (Å²) in [6.07, 6.45) is 3.95. The van der Waals surface area contributed by atoms with Crippen molar-refractivity contribution in [2.75, 3.05) is 27.2 Å². The first-order chi connectivity index (χ1) is 9.61. The first-order valence-electron chi connectivity index (χ1n) is 7.63. The van der Waals surface area contributed by atoms with Gasteiger partial charge in [-0.05, 0) is 45.7 Å². The second-order valence-corrected chi connectivity index (χ2v) is 6.29. The number of ether oxygens (including phenoxy) is 1. The van der Waals surface area contributed by atoms with Crippen LogP contribution < -0.4 is 10.1 Å². The summed E-state index contributed by atoms with van der Waals surface area (Å²) in [6, 6.07) is 1.20. The molecule has 1 aliphatic heterocycles. The predicted molar refractivity (Wildman–Crippen MR) is 79.0 cm³/mol. The van der Waals surface area contributed by atoms with E-state index in [9.17, 15) is 0 Å². The van der Waals surface area contributed by atoms with Crippen molar-refractivity contribution in [2.45, 2.75) is 38.3 Å². The lowest BCUT2D eigenvalue weighted by atomic mass is 9.93. The smallest absolute Gasteiger partial charge is 0.216 e. The van der Waals surface area contributed by atoms with E-state index in [0.29, 0.717) is 12.0 Å². The zero-order valence-electron chi connectivity index (χ0n) is 13.0. The first-order valence-corrected chi connectivity index (χ1v) is 7.63. The third-order valence-corrected chi connectivity index (χ3v) is 4.72. The van der Waals surface area contributed by atoms with Crippen LogP contribution in [0.5, 0.6) is 5.88 Å². The fourth-order valence-corrected chi connectivity index (χ4v) is 3.54. The fraction of sp³-hybridized carbons (Fsp3) is 0.800. The number of methoxy groups -OCH3 is 1. The minimum atomic E-state index is 0.421. The lowest BCUT2D eigenvalue weighted by molar-refractivity contribution is 0.260. The number of nitrogens with one attached hydrogen (secondary N) is 1. The summed E-state index contributed by atoms with van der Waals surface area (Å²) in [5.74, 6) is 1.56. The van der Waals surface area contributed by atoms with Gasteiger partial charge in [-0.3, -0.25) is 4.90 Å². The monoisotopic (exact) mass is 278 g/mol. The van der Waals surface area contributed by atoms with Gasteiger partial charge in [-0.25, -0.2) is 4.68 Å². The Morgan fingerprint density at radius 3 is 2.70 bits per heavy atom. The minimum absolute atomic E-state index is 0.421. The number of aryl methyl sites for hydroxylation is 2. The lowest BCUT2D eigenvalue weighted by Gasteiger charge is -2.26. The van der Waals surface area contributed by atoms with E-state index in [4.69, 9.17) is 4.74 Å². The maximum Gasteiger partial charge on any atom is 0.216 e. The number of hydrogen-bond acceptors (Lipinski definition) is 4. The number of likely N-dealkylation sites (tertiary alicyclic amines) is 1. The highest BCUT2D eigenvalue weighted by Gasteiger charge is 2.38. The molecule has 1 saturated heterocycles. The molecule has 0 radical (unpaired) electrons. The van der Waals surface area contributed by atoms with Crippen molar-refractivity contribution < 1.29 is 4.74 Å². The molecule has 0 bridgehead atoms. The highest BCUT2D eigenvalue weighted by molar-refractivity contribution is 5.35. The van der Waals surface area contributed by atoms with E-state index in [1.54, 1.807) is 7.11 Å². The molecule has 0 aromatic carbocycles. The van der Waals surface area contributed by atoms with E-state index in [2.05, 4.69) is 29.3 Å². The van der Waals surface area contributed by atoms with Crippen LogP contribution >= 0.6 is 0 Å². The molecule has 2 heterocycles. The van der Waals surface area contributed by atoms with Crippen LogP contribution in [0.1, 0.15) is 36.6 Å². The highest BCUT2D eigenvalue weighted by Crippen LogP contribution is 2.41. The second-order valence-electron chi connectivity index (χ2n) is 6.29. The van der Waals surface area contributed by atoms with Gasteiger partial charge in [-0.2, -0.15) is 5.10 Å². The van der Waals surface area contributed by atoms with Crippen molar-refractivity contribution in [3.05, 3.63) is 11.3 Å². The van der Waals surface area contributed by atoms with E-state index in [0.717, 1.165) is 30.7 Å². The molecule has 2 atom stereocenters. The third-order valence-electron chi connectivity index (χ3n) is 4.72. The Bertz CT molecular complexity index is 480. The van der Waals surface area contributed by atoms with Gasteiger partial charge in [0.15, 0.2) is 0 Å². The zero-order chi connectivity index (χ0) is 14.3. The molecule has 1 saturated carbocycles. The summed E-state index contributed by atoms with van der Waals surface area (Å²) in [5.41, 5.74) is 2.37. The number of aromatic nitrogens is 2. The van der Waals surface area contributed by atoms with Crippen LogP contribution in [0.15, 0.2) is 0 Å². The third kappa shape index (κ3) is 2.44. The Labute approximate surface area is 121 Å². The normalized spacial score (nSPS) is 27.2. The van der Waals surface area contributed by atoms with Crippen LogP contribution in [0, 0.1) is 12.8 Å². The van der Waals surface area contributed by atoms with Crippen LogP contribution in [-0.4, -0.2) is 48.0 Å². The maximum absolute atomic E-state index is 5.60. The number of nitrogens with zero attached hydrogens (tertiary/aromatic N) is 3. The van der Waals surface area contributed by atoms with Crippen LogP contribution in [0.3, 0.4) is 0 Å². The Morgan fingerprint density at radius 2 is 2.05 bits per heavy atom. The van der Waals surface area contributed by atoms with Crippen LogP contribution in [0.2, 0.25) is 0 Å². The molecule has 112 valence electrons. The van der Waals surface area contributed by atoms with E-state index >= 15 is 0 Å². The Kier molecular flexibility index (Phi) is 3.73. The Hall–Kier alpha value is -1.07. The summed E-state index contributed by atoms with van der Waals surface area (Å²) < 4.78 is 7.46. The second kappa shape index (κ2) is 5.37. The fourth-order valence-electron chi connectivity index (χ4n) is 3.54. The molecule has 0 spiro atoms. The van der Waals surface area contributed by atoms with Crippen LogP contribution in [-0.2, 0) is 7.05 Å². The van der Waals surface area contributed by atoms with Crippen molar-refractivity contribution in [3.63, 3.8) is 0 Å². The van der Waals surface area contributed by atoms with E-state index in [1.807, 2.05) is 11.7 Å². The molecule has 1 aromatic heterocycles. The summed E-state index contributed by atoms with van der Waals surface area (Å²) in [4.78, 5) is 2.45. The zero-order valence-corrected chi connectivity index (χ0v) is 13.0. The van der Waals surface area contributed by atoms with Crippen LogP contribution in [0.25, 0.3) is 0 Å². The number of rotatable bonds is 5. The topological polar surface area (TPSA) is 42.3 Å². The summed E-state index contributed by atoms with van der Waals surface area (Å²) >= 11 is 0. The van der Waals surface area contributed by atoms with Crippen molar-refractivity contribution in [3.8, 4) is 5.88 Å². The van der Waals surface area contributed by atoms with Gasteiger partial charge in [0.1, 0.15) is 0 Å². The minimum Gasteiger partial charge on any atom is -0.481 e. The van der Waals surface area contributed by atoms with Gasteiger partial charge in [0, 0.05) is 25.7 Å². The molecular weight excluding hydrogens is 252 g/mol. The summed E-state index contributed by atoms with van der Waals surface area (Å²) in [6.45, 7) is 4.35. The average Bonchev–Trinajstić information content (AvgIpc) is 3.11. The number of hydrogen-bond donors (Lipinski definition) is 1.